The summed E-state index contributed by atoms with van der Waals surface area (Å²) in [6, 6.07) is 27.8. The summed E-state index contributed by atoms with van der Waals surface area (Å²) in [4.78, 5) is 17.7. The minimum absolute atomic E-state index is 0.0878. The smallest absolute Gasteiger partial charge is 0.261 e. The zero-order chi connectivity index (χ0) is 25.1. The number of ether oxygens (including phenoxy) is 1. The van der Waals surface area contributed by atoms with Gasteiger partial charge in [0.25, 0.3) is 15.9 Å². The molecule has 4 aromatic carbocycles. The minimum Gasteiger partial charge on any atom is -0.497 e. The molecule has 9 heteroatoms. The number of fused-ring (bicyclic) bond motifs is 1. The Kier molecular flexibility index (Phi) is 6.41. The van der Waals surface area contributed by atoms with E-state index in [9.17, 15) is 13.2 Å². The number of amides is 1. The Morgan fingerprint density at radius 3 is 2.39 bits per heavy atom. The number of nitrogens with one attached hydrogen (secondary N) is 2. The van der Waals surface area contributed by atoms with Crippen molar-refractivity contribution < 1.29 is 17.9 Å². The number of sulfonamides is 1. The van der Waals surface area contributed by atoms with Crippen molar-refractivity contribution in [3.63, 3.8) is 0 Å². The largest absolute Gasteiger partial charge is 0.497 e. The summed E-state index contributed by atoms with van der Waals surface area (Å²) in [5.41, 5.74) is 3.04. The number of para-hydroxylation sites is 1. The summed E-state index contributed by atoms with van der Waals surface area (Å²) >= 11 is 1.59. The van der Waals surface area contributed by atoms with Crippen LogP contribution in [0.4, 0.5) is 11.4 Å². The second-order valence-electron chi connectivity index (χ2n) is 7.88. The Labute approximate surface area is 212 Å². The molecule has 2 N–H and O–H groups in total. The van der Waals surface area contributed by atoms with Gasteiger partial charge in [0.15, 0.2) is 0 Å². The monoisotopic (exact) mass is 515 g/mol. The van der Waals surface area contributed by atoms with Crippen molar-refractivity contribution in [3.8, 4) is 16.3 Å². The summed E-state index contributed by atoms with van der Waals surface area (Å²) in [7, 11) is -2.32. The van der Waals surface area contributed by atoms with E-state index < -0.39 is 10.0 Å². The predicted octanol–water partition coefficient (Wildman–Crippen LogP) is 6.03. The van der Waals surface area contributed by atoms with Crippen LogP contribution >= 0.6 is 11.3 Å². The number of thiazole rings is 1. The molecular formula is C27H21N3O4S2. The molecule has 0 fully saturated rings. The number of hydrogen-bond donors (Lipinski definition) is 2. The highest BCUT2D eigenvalue weighted by Crippen LogP contribution is 2.31. The SMILES string of the molecule is COc1ccc(S(=O)(=O)Nc2cccc(C(=O)Nc3cccc(-c4nc5ccccc5s4)c3)c2)cc1. The molecule has 0 aliphatic rings. The first kappa shape index (κ1) is 23.5. The number of hydrogen-bond acceptors (Lipinski definition) is 6. The fraction of sp³-hybridized carbons (Fsp3) is 0.0370. The van der Waals surface area contributed by atoms with E-state index >= 15 is 0 Å². The zero-order valence-electron chi connectivity index (χ0n) is 19.1. The molecule has 0 atom stereocenters. The van der Waals surface area contributed by atoms with Crippen molar-refractivity contribution in [3.05, 3.63) is 103 Å². The van der Waals surface area contributed by atoms with Crippen LogP contribution in [-0.4, -0.2) is 26.4 Å². The Morgan fingerprint density at radius 2 is 1.61 bits per heavy atom. The molecule has 0 aliphatic heterocycles. The Hall–Kier alpha value is -4.21. The Balaban J connectivity index is 1.32. The third-order valence-electron chi connectivity index (χ3n) is 5.41. The molecule has 1 amide bonds. The van der Waals surface area contributed by atoms with Crippen LogP contribution in [0.1, 0.15) is 10.4 Å². The molecule has 0 spiro atoms. The van der Waals surface area contributed by atoms with Crippen LogP contribution in [0.2, 0.25) is 0 Å². The van der Waals surface area contributed by atoms with Gasteiger partial charge in [0.1, 0.15) is 10.8 Å². The van der Waals surface area contributed by atoms with E-state index in [1.165, 1.54) is 25.3 Å². The van der Waals surface area contributed by atoms with E-state index in [1.54, 1.807) is 47.7 Å². The maximum atomic E-state index is 12.9. The van der Waals surface area contributed by atoms with Gasteiger partial charge >= 0.3 is 0 Å². The lowest BCUT2D eigenvalue weighted by Gasteiger charge is -2.11. The maximum Gasteiger partial charge on any atom is 0.261 e. The van der Waals surface area contributed by atoms with Crippen LogP contribution in [0.25, 0.3) is 20.8 Å². The molecule has 180 valence electrons. The van der Waals surface area contributed by atoms with Gasteiger partial charge in [-0.3, -0.25) is 9.52 Å². The van der Waals surface area contributed by atoms with Crippen molar-refractivity contribution in [2.45, 2.75) is 4.90 Å². The van der Waals surface area contributed by atoms with Crippen LogP contribution in [-0.2, 0) is 10.0 Å². The first-order valence-electron chi connectivity index (χ1n) is 11.0. The number of methoxy groups -OCH3 is 1. The van der Waals surface area contributed by atoms with E-state index in [2.05, 4.69) is 15.0 Å². The highest BCUT2D eigenvalue weighted by atomic mass is 32.2. The molecule has 5 rings (SSSR count). The van der Waals surface area contributed by atoms with Gasteiger partial charge in [0.2, 0.25) is 0 Å². The van der Waals surface area contributed by atoms with Crippen molar-refractivity contribution in [1.29, 1.82) is 0 Å². The number of carbonyl (C=O) groups excluding carboxylic acids is 1. The molecule has 7 nitrogen and oxygen atoms in total. The molecule has 1 heterocycles. The van der Waals surface area contributed by atoms with E-state index in [4.69, 9.17) is 4.74 Å². The lowest BCUT2D eigenvalue weighted by molar-refractivity contribution is 0.102. The van der Waals surface area contributed by atoms with E-state index in [0.717, 1.165) is 20.8 Å². The minimum atomic E-state index is -3.83. The zero-order valence-corrected chi connectivity index (χ0v) is 20.8. The summed E-state index contributed by atoms with van der Waals surface area (Å²) in [6.45, 7) is 0. The average Bonchev–Trinajstić information content (AvgIpc) is 3.33. The third kappa shape index (κ3) is 5.07. The lowest BCUT2D eigenvalue weighted by atomic mass is 10.1. The second-order valence-corrected chi connectivity index (χ2v) is 10.6. The molecule has 36 heavy (non-hydrogen) atoms. The number of anilines is 2. The molecule has 1 aromatic heterocycles. The fourth-order valence-electron chi connectivity index (χ4n) is 3.62. The van der Waals surface area contributed by atoms with Gasteiger partial charge in [-0.2, -0.15) is 0 Å². The quantitative estimate of drug-likeness (QED) is 0.276. The fourth-order valence-corrected chi connectivity index (χ4v) is 5.63. The van der Waals surface area contributed by atoms with Crippen molar-refractivity contribution in [1.82, 2.24) is 4.98 Å². The molecule has 0 aliphatic carbocycles. The number of nitrogens with zero attached hydrogens (tertiary/aromatic N) is 1. The standard InChI is InChI=1S/C27H21N3O4S2/c1-34-22-12-14-23(15-13-22)36(32,33)30-21-9-4-6-18(16-21)26(31)28-20-8-5-7-19(17-20)27-29-24-10-2-3-11-25(24)35-27/h2-17,30H,1H3,(H,28,31). The predicted molar refractivity (Wildman–Crippen MR) is 143 cm³/mol. The third-order valence-corrected chi connectivity index (χ3v) is 7.89. The van der Waals surface area contributed by atoms with Gasteiger partial charge in [0.05, 0.1) is 22.2 Å². The molecule has 0 bridgehead atoms. The molecule has 5 aromatic rings. The van der Waals surface area contributed by atoms with Crippen molar-refractivity contribution in [2.24, 2.45) is 0 Å². The van der Waals surface area contributed by atoms with Gasteiger partial charge in [-0.15, -0.1) is 11.3 Å². The van der Waals surface area contributed by atoms with E-state index in [1.807, 2.05) is 42.5 Å². The molecule has 0 saturated carbocycles. The summed E-state index contributed by atoms with van der Waals surface area (Å²) in [6.07, 6.45) is 0. The number of benzene rings is 4. The van der Waals surface area contributed by atoms with Gasteiger partial charge in [0, 0.05) is 22.5 Å². The number of carbonyl (C=O) groups is 1. The van der Waals surface area contributed by atoms with Crippen LogP contribution in [0.3, 0.4) is 0 Å². The van der Waals surface area contributed by atoms with Gasteiger partial charge < -0.3 is 10.1 Å². The molecule has 0 unspecified atom stereocenters. The van der Waals surface area contributed by atoms with E-state index in [-0.39, 0.29) is 16.5 Å². The average molecular weight is 516 g/mol. The first-order valence-corrected chi connectivity index (χ1v) is 13.3. The Bertz CT molecular complexity index is 1630. The van der Waals surface area contributed by atoms with Gasteiger partial charge in [-0.05, 0) is 66.7 Å². The van der Waals surface area contributed by atoms with Crippen LogP contribution in [0.5, 0.6) is 5.75 Å². The highest BCUT2D eigenvalue weighted by Gasteiger charge is 2.16. The lowest BCUT2D eigenvalue weighted by Crippen LogP contribution is -2.15. The van der Waals surface area contributed by atoms with Crippen molar-refractivity contribution >= 4 is 48.9 Å². The normalized spacial score (nSPS) is 11.2. The van der Waals surface area contributed by atoms with Crippen LogP contribution < -0.4 is 14.8 Å². The van der Waals surface area contributed by atoms with Crippen molar-refractivity contribution in [2.75, 3.05) is 17.1 Å². The highest BCUT2D eigenvalue weighted by molar-refractivity contribution is 7.92. The number of rotatable bonds is 7. The molecular weight excluding hydrogens is 494 g/mol. The van der Waals surface area contributed by atoms with Crippen LogP contribution in [0.15, 0.2) is 102 Å². The summed E-state index contributed by atoms with van der Waals surface area (Å²) in [5.74, 6) is 0.196. The Morgan fingerprint density at radius 1 is 0.861 bits per heavy atom. The number of aromatic nitrogens is 1. The maximum absolute atomic E-state index is 12.9. The second kappa shape index (κ2) is 9.80. The van der Waals surface area contributed by atoms with E-state index in [0.29, 0.717) is 17.0 Å². The van der Waals surface area contributed by atoms with Crippen LogP contribution in [0, 0.1) is 0 Å². The summed E-state index contributed by atoms with van der Waals surface area (Å²) in [5, 5.41) is 3.75. The van der Waals surface area contributed by atoms with Gasteiger partial charge in [-0.25, -0.2) is 13.4 Å². The molecule has 0 radical (unpaired) electrons. The summed E-state index contributed by atoms with van der Waals surface area (Å²) < 4.78 is 34.2. The first-order chi connectivity index (χ1) is 17.4. The molecule has 0 saturated heterocycles. The topological polar surface area (TPSA) is 97.4 Å². The van der Waals surface area contributed by atoms with Gasteiger partial charge in [-0.1, -0.05) is 30.3 Å².